The molecule has 2 aromatic carbocycles. The van der Waals surface area contributed by atoms with Gasteiger partial charge in [0.05, 0.1) is 5.69 Å². The van der Waals surface area contributed by atoms with Crippen molar-refractivity contribution in [3.05, 3.63) is 59.4 Å². The first-order chi connectivity index (χ1) is 9.54. The van der Waals surface area contributed by atoms with Crippen LogP contribution in [0.4, 0.5) is 15.8 Å². The van der Waals surface area contributed by atoms with Crippen LogP contribution in [0.3, 0.4) is 0 Å². The van der Waals surface area contributed by atoms with Crippen LogP contribution < -0.4 is 4.90 Å². The van der Waals surface area contributed by atoms with Gasteiger partial charge in [0.1, 0.15) is 5.82 Å². The average Bonchev–Trinajstić information content (AvgIpc) is 2.46. The zero-order valence-corrected chi connectivity index (χ0v) is 12.0. The number of anilines is 2. The molecule has 0 amide bonds. The number of hydrogen-bond acceptors (Lipinski definition) is 2. The SMILES string of the molecule is CCc1ccc(N(C)c2c(F)cccc2C(C)=O)cc1. The molecule has 0 aliphatic rings. The van der Waals surface area contributed by atoms with Crippen molar-refractivity contribution in [2.24, 2.45) is 0 Å². The summed E-state index contributed by atoms with van der Waals surface area (Å²) >= 11 is 0. The molecule has 20 heavy (non-hydrogen) atoms. The van der Waals surface area contributed by atoms with Crippen LogP contribution >= 0.6 is 0 Å². The largest absolute Gasteiger partial charge is 0.342 e. The summed E-state index contributed by atoms with van der Waals surface area (Å²) in [6.07, 6.45) is 0.961. The molecular formula is C17H18FNO. The zero-order valence-electron chi connectivity index (χ0n) is 12.0. The fraction of sp³-hybridized carbons (Fsp3) is 0.235. The lowest BCUT2D eigenvalue weighted by Crippen LogP contribution is -2.15. The number of carbonyl (C=O) groups is 1. The van der Waals surface area contributed by atoms with Crippen LogP contribution in [0.5, 0.6) is 0 Å². The van der Waals surface area contributed by atoms with Gasteiger partial charge in [-0.15, -0.1) is 0 Å². The van der Waals surface area contributed by atoms with Crippen molar-refractivity contribution in [2.75, 3.05) is 11.9 Å². The molecule has 0 atom stereocenters. The van der Waals surface area contributed by atoms with Gasteiger partial charge in [-0.3, -0.25) is 4.79 Å². The summed E-state index contributed by atoms with van der Waals surface area (Å²) in [6, 6.07) is 12.5. The number of nitrogens with zero attached hydrogens (tertiary/aromatic N) is 1. The highest BCUT2D eigenvalue weighted by molar-refractivity contribution is 6.00. The molecule has 104 valence electrons. The van der Waals surface area contributed by atoms with Gasteiger partial charge in [0.15, 0.2) is 5.78 Å². The summed E-state index contributed by atoms with van der Waals surface area (Å²) in [7, 11) is 1.77. The maximum Gasteiger partial charge on any atom is 0.162 e. The van der Waals surface area contributed by atoms with Crippen LogP contribution in [0, 0.1) is 5.82 Å². The second-order valence-electron chi connectivity index (χ2n) is 4.77. The molecule has 0 fully saturated rings. The fourth-order valence-corrected chi connectivity index (χ4v) is 2.22. The smallest absolute Gasteiger partial charge is 0.162 e. The Hall–Kier alpha value is -2.16. The third-order valence-electron chi connectivity index (χ3n) is 3.43. The van der Waals surface area contributed by atoms with E-state index in [1.54, 1.807) is 24.1 Å². The summed E-state index contributed by atoms with van der Waals surface area (Å²) < 4.78 is 14.1. The predicted octanol–water partition coefficient (Wildman–Crippen LogP) is 4.36. The molecule has 0 heterocycles. The summed E-state index contributed by atoms with van der Waals surface area (Å²) in [5.74, 6) is -0.531. The highest BCUT2D eigenvalue weighted by Gasteiger charge is 2.16. The van der Waals surface area contributed by atoms with E-state index in [2.05, 4.69) is 6.92 Å². The molecule has 0 saturated carbocycles. The Labute approximate surface area is 118 Å². The molecule has 0 aliphatic carbocycles. The molecule has 2 nitrogen and oxygen atoms in total. The van der Waals surface area contributed by atoms with Crippen molar-refractivity contribution in [1.29, 1.82) is 0 Å². The van der Waals surface area contributed by atoms with Gasteiger partial charge in [-0.2, -0.15) is 0 Å². The monoisotopic (exact) mass is 271 g/mol. The van der Waals surface area contributed by atoms with Gasteiger partial charge >= 0.3 is 0 Å². The molecule has 0 unspecified atom stereocenters. The highest BCUT2D eigenvalue weighted by atomic mass is 19.1. The van der Waals surface area contributed by atoms with E-state index in [1.165, 1.54) is 18.6 Å². The number of rotatable bonds is 4. The highest BCUT2D eigenvalue weighted by Crippen LogP contribution is 2.30. The number of benzene rings is 2. The maximum atomic E-state index is 14.1. The minimum atomic E-state index is -0.389. The Morgan fingerprint density at radius 3 is 2.35 bits per heavy atom. The molecule has 0 N–H and O–H groups in total. The minimum absolute atomic E-state index is 0.142. The van der Waals surface area contributed by atoms with E-state index < -0.39 is 0 Å². The summed E-state index contributed by atoms with van der Waals surface area (Å²) in [5.41, 5.74) is 2.80. The van der Waals surface area contributed by atoms with Crippen LogP contribution in [0.25, 0.3) is 0 Å². The first-order valence-corrected chi connectivity index (χ1v) is 6.66. The Morgan fingerprint density at radius 1 is 1.15 bits per heavy atom. The Kier molecular flexibility index (Phi) is 4.18. The van der Waals surface area contributed by atoms with Gasteiger partial charge in [0.2, 0.25) is 0 Å². The zero-order chi connectivity index (χ0) is 14.7. The second kappa shape index (κ2) is 5.87. The van der Waals surface area contributed by atoms with Gasteiger partial charge in [0.25, 0.3) is 0 Å². The number of Topliss-reactive ketones (excluding diaryl/α,β-unsaturated/α-hetero) is 1. The molecule has 0 bridgehead atoms. The van der Waals surface area contributed by atoms with Crippen molar-refractivity contribution in [3.8, 4) is 0 Å². The third-order valence-corrected chi connectivity index (χ3v) is 3.43. The molecule has 0 saturated heterocycles. The van der Waals surface area contributed by atoms with Gasteiger partial charge in [0, 0.05) is 18.3 Å². The number of para-hydroxylation sites is 1. The van der Waals surface area contributed by atoms with E-state index in [1.807, 2.05) is 24.3 Å². The van der Waals surface area contributed by atoms with Crippen molar-refractivity contribution in [1.82, 2.24) is 0 Å². The molecular weight excluding hydrogens is 253 g/mol. The second-order valence-corrected chi connectivity index (χ2v) is 4.77. The fourth-order valence-electron chi connectivity index (χ4n) is 2.22. The van der Waals surface area contributed by atoms with Gasteiger partial charge < -0.3 is 4.90 Å². The first kappa shape index (κ1) is 14.3. The lowest BCUT2D eigenvalue weighted by Gasteiger charge is -2.22. The third kappa shape index (κ3) is 2.72. The van der Waals surface area contributed by atoms with Crippen LogP contribution in [-0.2, 0) is 6.42 Å². The minimum Gasteiger partial charge on any atom is -0.342 e. The number of halogens is 1. The van der Waals surface area contributed by atoms with E-state index in [9.17, 15) is 9.18 Å². The van der Waals surface area contributed by atoms with Crippen LogP contribution in [0.2, 0.25) is 0 Å². The average molecular weight is 271 g/mol. The van der Waals surface area contributed by atoms with Crippen LogP contribution in [-0.4, -0.2) is 12.8 Å². The van der Waals surface area contributed by atoms with Gasteiger partial charge in [-0.1, -0.05) is 25.1 Å². The number of hydrogen-bond donors (Lipinski definition) is 0. The Balaban J connectivity index is 2.46. The summed E-state index contributed by atoms with van der Waals surface area (Å²) in [4.78, 5) is 13.4. The topological polar surface area (TPSA) is 20.3 Å². The van der Waals surface area contributed by atoms with E-state index in [4.69, 9.17) is 0 Å². The molecule has 0 radical (unpaired) electrons. The van der Waals surface area contributed by atoms with Crippen LogP contribution in [0.1, 0.15) is 29.8 Å². The molecule has 2 rings (SSSR count). The standard InChI is InChI=1S/C17H18FNO/c1-4-13-8-10-14(11-9-13)19(3)17-15(12(2)20)6-5-7-16(17)18/h5-11H,4H2,1-3H3. The quantitative estimate of drug-likeness (QED) is 0.770. The number of carbonyl (C=O) groups excluding carboxylic acids is 1. The first-order valence-electron chi connectivity index (χ1n) is 6.66. The molecule has 0 aliphatic heterocycles. The normalized spacial score (nSPS) is 10.4. The lowest BCUT2D eigenvalue weighted by atomic mass is 10.1. The summed E-state index contributed by atoms with van der Waals surface area (Å²) in [5, 5.41) is 0. The summed E-state index contributed by atoms with van der Waals surface area (Å²) in [6.45, 7) is 3.54. The van der Waals surface area contributed by atoms with Crippen LogP contribution in [0.15, 0.2) is 42.5 Å². The predicted molar refractivity (Wildman–Crippen MR) is 80.3 cm³/mol. The van der Waals surface area contributed by atoms with E-state index >= 15 is 0 Å². The van der Waals surface area contributed by atoms with Crippen molar-refractivity contribution >= 4 is 17.2 Å². The number of ketones is 1. The lowest BCUT2D eigenvalue weighted by molar-refractivity contribution is 0.101. The molecule has 2 aromatic rings. The van der Waals surface area contributed by atoms with E-state index in [-0.39, 0.29) is 11.6 Å². The maximum absolute atomic E-state index is 14.1. The number of aryl methyl sites for hydroxylation is 1. The van der Waals surface area contributed by atoms with Gasteiger partial charge in [-0.25, -0.2) is 4.39 Å². The van der Waals surface area contributed by atoms with E-state index in [0.717, 1.165) is 12.1 Å². The molecule has 0 aromatic heterocycles. The molecule has 0 spiro atoms. The van der Waals surface area contributed by atoms with Gasteiger partial charge in [-0.05, 0) is 43.2 Å². The Morgan fingerprint density at radius 2 is 1.80 bits per heavy atom. The van der Waals surface area contributed by atoms with E-state index in [0.29, 0.717) is 11.3 Å². The Bertz CT molecular complexity index is 619. The van der Waals surface area contributed by atoms with Crippen molar-refractivity contribution in [2.45, 2.75) is 20.3 Å². The van der Waals surface area contributed by atoms with Crippen molar-refractivity contribution in [3.63, 3.8) is 0 Å². The van der Waals surface area contributed by atoms with Crippen molar-refractivity contribution < 1.29 is 9.18 Å². The molecule has 3 heteroatoms.